The van der Waals surface area contributed by atoms with Gasteiger partial charge in [0.2, 0.25) is 5.89 Å². The molecule has 0 aliphatic rings. The summed E-state index contributed by atoms with van der Waals surface area (Å²) in [6, 6.07) is 7.69. The lowest BCUT2D eigenvalue weighted by atomic mass is 10.1. The van der Waals surface area contributed by atoms with Gasteiger partial charge in [-0.15, -0.1) is 10.2 Å². The summed E-state index contributed by atoms with van der Waals surface area (Å²) in [4.78, 5) is 11.0. The second-order valence-electron chi connectivity index (χ2n) is 5.08. The molecule has 0 atom stereocenters. The molecule has 2 heterocycles. The molecule has 0 amide bonds. The number of aromatic nitrogens is 4. The van der Waals surface area contributed by atoms with E-state index >= 15 is 0 Å². The number of carboxylic acids is 1. The summed E-state index contributed by atoms with van der Waals surface area (Å²) < 4.78 is 7.69. The minimum Gasteiger partial charge on any atom is -0.480 e. The fourth-order valence-corrected chi connectivity index (χ4v) is 2.67. The monoisotopic (exact) mass is 376 g/mol. The molecule has 118 valence electrons. The van der Waals surface area contributed by atoms with Crippen molar-refractivity contribution in [2.75, 3.05) is 0 Å². The van der Waals surface area contributed by atoms with Crippen LogP contribution in [-0.2, 0) is 11.3 Å². The molecule has 3 aromatic rings. The first-order valence-electron chi connectivity index (χ1n) is 6.81. The van der Waals surface area contributed by atoms with E-state index in [0.29, 0.717) is 21.8 Å². The molecule has 7 nitrogen and oxygen atoms in total. The van der Waals surface area contributed by atoms with Gasteiger partial charge >= 0.3 is 5.97 Å². The average Bonchev–Trinajstić information content (AvgIpc) is 3.05. The van der Waals surface area contributed by atoms with Gasteiger partial charge in [-0.1, -0.05) is 17.7 Å². The predicted octanol–water partition coefficient (Wildman–Crippen LogP) is 3.06. The van der Waals surface area contributed by atoms with Crippen LogP contribution in [0.4, 0.5) is 0 Å². The molecule has 0 fully saturated rings. The predicted molar refractivity (Wildman–Crippen MR) is 85.8 cm³/mol. The molecule has 23 heavy (non-hydrogen) atoms. The summed E-state index contributed by atoms with van der Waals surface area (Å²) in [5, 5.41) is 21.3. The number of rotatable bonds is 4. The number of hydrogen-bond donors (Lipinski definition) is 1. The van der Waals surface area contributed by atoms with Crippen molar-refractivity contribution in [2.45, 2.75) is 20.4 Å². The van der Waals surface area contributed by atoms with E-state index in [4.69, 9.17) is 9.52 Å². The van der Waals surface area contributed by atoms with Crippen LogP contribution < -0.4 is 0 Å². The molecule has 3 rings (SSSR count). The zero-order valence-corrected chi connectivity index (χ0v) is 14.0. The highest BCUT2D eigenvalue weighted by Crippen LogP contribution is 2.32. The normalized spacial score (nSPS) is 10.9. The standard InChI is InChI=1S/C15H13BrN4O3/c1-8-4-3-5-10(6-8)14-17-18-15(23-14)13-12(16)9(2)19-20(13)7-11(21)22/h3-6H,7H2,1-2H3,(H,21,22). The van der Waals surface area contributed by atoms with Crippen molar-refractivity contribution < 1.29 is 14.3 Å². The van der Waals surface area contributed by atoms with Crippen LogP contribution in [0.1, 0.15) is 11.3 Å². The SMILES string of the molecule is Cc1cccc(-c2nnc(-c3c(Br)c(C)nn3CC(=O)O)o2)c1. The van der Waals surface area contributed by atoms with Crippen LogP contribution in [0.25, 0.3) is 23.0 Å². The van der Waals surface area contributed by atoms with Gasteiger partial charge in [0, 0.05) is 5.56 Å². The molecule has 0 unspecified atom stereocenters. The average molecular weight is 377 g/mol. The molecule has 1 aromatic carbocycles. The van der Waals surface area contributed by atoms with Crippen LogP contribution in [0.5, 0.6) is 0 Å². The van der Waals surface area contributed by atoms with Crippen LogP contribution in [0, 0.1) is 13.8 Å². The third-order valence-electron chi connectivity index (χ3n) is 3.23. The van der Waals surface area contributed by atoms with Crippen LogP contribution in [0.2, 0.25) is 0 Å². The quantitative estimate of drug-likeness (QED) is 0.751. The molecule has 0 bridgehead atoms. The highest BCUT2D eigenvalue weighted by molar-refractivity contribution is 9.10. The number of hydrogen-bond acceptors (Lipinski definition) is 5. The fraction of sp³-hybridized carbons (Fsp3) is 0.200. The third kappa shape index (κ3) is 3.02. The van der Waals surface area contributed by atoms with Gasteiger partial charge in [0.25, 0.3) is 5.89 Å². The van der Waals surface area contributed by atoms with Gasteiger partial charge in [0.1, 0.15) is 12.2 Å². The lowest BCUT2D eigenvalue weighted by molar-refractivity contribution is -0.137. The Labute approximate surface area is 140 Å². The zero-order chi connectivity index (χ0) is 16.6. The number of carbonyl (C=O) groups is 1. The van der Waals surface area contributed by atoms with Gasteiger partial charge in [-0.25, -0.2) is 4.68 Å². The number of carboxylic acid groups (broad SMARTS) is 1. The van der Waals surface area contributed by atoms with E-state index in [2.05, 4.69) is 31.2 Å². The summed E-state index contributed by atoms with van der Waals surface area (Å²) >= 11 is 3.40. The fourth-order valence-electron chi connectivity index (χ4n) is 2.22. The van der Waals surface area contributed by atoms with Crippen molar-refractivity contribution in [1.82, 2.24) is 20.0 Å². The first-order chi connectivity index (χ1) is 11.0. The van der Waals surface area contributed by atoms with Crippen LogP contribution in [0.15, 0.2) is 33.2 Å². The van der Waals surface area contributed by atoms with Crippen molar-refractivity contribution in [1.29, 1.82) is 0 Å². The van der Waals surface area contributed by atoms with E-state index in [1.54, 1.807) is 6.92 Å². The first-order valence-corrected chi connectivity index (χ1v) is 7.60. The maximum atomic E-state index is 11.0. The van der Waals surface area contributed by atoms with Gasteiger partial charge in [0.15, 0.2) is 0 Å². The topological polar surface area (TPSA) is 94.0 Å². The molecule has 8 heteroatoms. The maximum absolute atomic E-state index is 11.0. The number of halogens is 1. The van der Waals surface area contributed by atoms with E-state index in [1.807, 2.05) is 31.2 Å². The van der Waals surface area contributed by atoms with Crippen LogP contribution in [0.3, 0.4) is 0 Å². The van der Waals surface area contributed by atoms with Gasteiger partial charge in [-0.05, 0) is 41.9 Å². The second kappa shape index (κ2) is 5.96. The number of aliphatic carboxylic acids is 1. The molecule has 0 aliphatic heterocycles. The van der Waals surface area contributed by atoms with Crippen molar-refractivity contribution in [3.8, 4) is 23.0 Å². The van der Waals surface area contributed by atoms with Crippen LogP contribution in [-0.4, -0.2) is 31.1 Å². The van der Waals surface area contributed by atoms with Gasteiger partial charge < -0.3 is 9.52 Å². The molecule has 2 aromatic heterocycles. The number of benzene rings is 1. The highest BCUT2D eigenvalue weighted by Gasteiger charge is 2.22. The molecule has 0 radical (unpaired) electrons. The summed E-state index contributed by atoms with van der Waals surface area (Å²) in [6.07, 6.45) is 0. The Kier molecular flexibility index (Phi) is 3.99. The maximum Gasteiger partial charge on any atom is 0.325 e. The highest BCUT2D eigenvalue weighted by atomic mass is 79.9. The number of nitrogens with zero attached hydrogens (tertiary/aromatic N) is 4. The Morgan fingerprint density at radius 3 is 2.74 bits per heavy atom. The Bertz CT molecular complexity index is 885. The van der Waals surface area contributed by atoms with E-state index in [-0.39, 0.29) is 12.4 Å². The lowest BCUT2D eigenvalue weighted by Crippen LogP contribution is -2.11. The van der Waals surface area contributed by atoms with Crippen molar-refractivity contribution in [3.63, 3.8) is 0 Å². The summed E-state index contributed by atoms with van der Waals surface area (Å²) in [5.41, 5.74) is 2.99. The van der Waals surface area contributed by atoms with Gasteiger partial charge in [-0.2, -0.15) is 5.10 Å². The molecular formula is C15H13BrN4O3. The summed E-state index contributed by atoms with van der Waals surface area (Å²) in [6.45, 7) is 3.45. The van der Waals surface area contributed by atoms with E-state index < -0.39 is 5.97 Å². The minimum atomic E-state index is -1.00. The molecule has 0 spiro atoms. The zero-order valence-electron chi connectivity index (χ0n) is 12.4. The lowest BCUT2D eigenvalue weighted by Gasteiger charge is -2.01. The summed E-state index contributed by atoms with van der Waals surface area (Å²) in [5.74, 6) is -0.411. The van der Waals surface area contributed by atoms with Gasteiger partial charge in [-0.3, -0.25) is 4.79 Å². The smallest absolute Gasteiger partial charge is 0.325 e. The Hall–Kier alpha value is -2.48. The van der Waals surface area contributed by atoms with E-state index in [9.17, 15) is 4.79 Å². The third-order valence-corrected chi connectivity index (χ3v) is 4.18. The molecule has 0 saturated heterocycles. The molecule has 0 saturated carbocycles. The second-order valence-corrected chi connectivity index (χ2v) is 5.87. The van der Waals surface area contributed by atoms with Gasteiger partial charge in [0.05, 0.1) is 10.2 Å². The Morgan fingerprint density at radius 2 is 2.04 bits per heavy atom. The van der Waals surface area contributed by atoms with E-state index in [0.717, 1.165) is 11.1 Å². The van der Waals surface area contributed by atoms with Crippen molar-refractivity contribution in [3.05, 3.63) is 40.0 Å². The molecule has 1 N–H and O–H groups in total. The van der Waals surface area contributed by atoms with E-state index in [1.165, 1.54) is 4.68 Å². The van der Waals surface area contributed by atoms with Crippen LogP contribution >= 0.6 is 15.9 Å². The molecule has 0 aliphatic carbocycles. The van der Waals surface area contributed by atoms with Crippen molar-refractivity contribution >= 4 is 21.9 Å². The molecular weight excluding hydrogens is 364 g/mol. The summed E-state index contributed by atoms with van der Waals surface area (Å²) in [7, 11) is 0. The Morgan fingerprint density at radius 1 is 1.30 bits per heavy atom. The minimum absolute atomic E-state index is 0.218. The first kappa shape index (κ1) is 15.4. The number of aryl methyl sites for hydroxylation is 2. The Balaban J connectivity index is 2.05. The largest absolute Gasteiger partial charge is 0.480 e. The van der Waals surface area contributed by atoms with Crippen molar-refractivity contribution in [2.24, 2.45) is 0 Å².